The second-order valence-corrected chi connectivity index (χ2v) is 16.6. The molecule has 7 aromatic rings. The van der Waals surface area contributed by atoms with E-state index in [0.29, 0.717) is 82.4 Å². The number of hydrogen-bond donors (Lipinski definition) is 4. The van der Waals surface area contributed by atoms with E-state index in [9.17, 15) is 14.9 Å². The average Bonchev–Trinajstić information content (AvgIpc) is 3.37. The van der Waals surface area contributed by atoms with Crippen molar-refractivity contribution in [1.82, 2.24) is 29.7 Å². The van der Waals surface area contributed by atoms with Gasteiger partial charge in [-0.25, -0.2) is 19.9 Å². The molecular formula is C54H48N12O5. The molecule has 0 saturated carbocycles. The quantitative estimate of drug-likeness (QED) is 0.0521. The third-order valence-corrected chi connectivity index (χ3v) is 11.3. The Hall–Kier alpha value is -9.58. The lowest BCUT2D eigenvalue weighted by Crippen LogP contribution is -2.45. The maximum Gasteiger partial charge on any atom is 0.266 e. The lowest BCUT2D eigenvalue weighted by atomic mass is 10.0. The molecule has 17 nitrogen and oxygen atoms in total. The predicted molar refractivity (Wildman–Crippen MR) is 271 cm³/mol. The zero-order valence-corrected chi connectivity index (χ0v) is 38.9. The Morgan fingerprint density at radius 1 is 0.732 bits per heavy atom. The van der Waals surface area contributed by atoms with Crippen LogP contribution < -0.4 is 36.3 Å². The van der Waals surface area contributed by atoms with Gasteiger partial charge < -0.3 is 46.1 Å². The van der Waals surface area contributed by atoms with Gasteiger partial charge >= 0.3 is 0 Å². The number of anilines is 4. The van der Waals surface area contributed by atoms with Crippen LogP contribution in [-0.4, -0.2) is 81.3 Å². The van der Waals surface area contributed by atoms with Gasteiger partial charge in [0.05, 0.1) is 11.1 Å². The molecule has 1 atom stereocenters. The molecule has 0 aliphatic carbocycles. The summed E-state index contributed by atoms with van der Waals surface area (Å²) in [6.45, 7) is 4.97. The summed E-state index contributed by atoms with van der Waals surface area (Å²) in [7, 11) is 3.69. The van der Waals surface area contributed by atoms with Gasteiger partial charge in [-0.1, -0.05) is 55.1 Å². The highest BCUT2D eigenvalue weighted by Gasteiger charge is 2.27. The van der Waals surface area contributed by atoms with Gasteiger partial charge in [-0.3, -0.25) is 9.59 Å². The van der Waals surface area contributed by atoms with Crippen molar-refractivity contribution >= 4 is 35.0 Å². The number of nitrogens with two attached hydrogens (primary N) is 2. The second kappa shape index (κ2) is 22.0. The summed E-state index contributed by atoms with van der Waals surface area (Å²) in [5, 5.41) is 24.9. The molecule has 0 unspecified atom stereocenters. The molecule has 1 saturated heterocycles. The molecule has 0 bridgehead atoms. The first-order valence-corrected chi connectivity index (χ1v) is 22.4. The number of likely N-dealkylation sites (tertiary alicyclic amines) is 1. The summed E-state index contributed by atoms with van der Waals surface area (Å²) in [4.78, 5) is 46.2. The number of nitrogen functional groups attached to an aromatic ring is 2. The fraction of sp³-hybridized carbons (Fsp3) is 0.148. The minimum atomic E-state index is -0.528. The van der Waals surface area contributed by atoms with Crippen LogP contribution in [0.3, 0.4) is 0 Å². The monoisotopic (exact) mass is 944 g/mol. The standard InChI is InChI=1S/C54H48N12O5/c1-34(29-55)54(68)66-25-6-10-41(31-66)63-51-47(49(57)59-32-61-51)36-14-18-43(19-15-36)70-46-11-5-7-37(28-46)35-12-16-42(17-13-35)69-44-20-22-45(23-21-44)71-53-48(50(58)60-33-62-53)38-8-4-9-40(27-38)64-52(67)39(30-56)24-26-65(2)3/h4-5,7-9,11-24,27-28,32-33,41H,1,6,10,25-26,31H2,2-3H3,(H,64,67)(H2,58,60,62)(H3,57,59,61,63)/b39-24+/t41-/m1/s1. The highest BCUT2D eigenvalue weighted by molar-refractivity contribution is 6.07. The number of piperidine rings is 1. The lowest BCUT2D eigenvalue weighted by molar-refractivity contribution is -0.127. The van der Waals surface area contributed by atoms with Crippen LogP contribution in [-0.2, 0) is 9.59 Å². The number of nitrogens with one attached hydrogen (secondary N) is 2. The van der Waals surface area contributed by atoms with Crippen LogP contribution in [0.4, 0.5) is 23.1 Å². The smallest absolute Gasteiger partial charge is 0.266 e. The van der Waals surface area contributed by atoms with Crippen LogP contribution in [0.25, 0.3) is 33.4 Å². The van der Waals surface area contributed by atoms with Crippen LogP contribution in [0.5, 0.6) is 34.6 Å². The van der Waals surface area contributed by atoms with E-state index >= 15 is 0 Å². The third-order valence-electron chi connectivity index (χ3n) is 11.3. The summed E-state index contributed by atoms with van der Waals surface area (Å²) in [5.41, 5.74) is 17.4. The number of carbonyl (C=O) groups excluding carboxylic acids is 2. The van der Waals surface area contributed by atoms with E-state index in [1.807, 2.05) is 104 Å². The van der Waals surface area contributed by atoms with Gasteiger partial charge in [-0.05, 0) is 128 Å². The van der Waals surface area contributed by atoms with Crippen molar-refractivity contribution in [2.24, 2.45) is 0 Å². The number of hydrogen-bond acceptors (Lipinski definition) is 15. The number of carbonyl (C=O) groups is 2. The highest BCUT2D eigenvalue weighted by Crippen LogP contribution is 2.38. The Morgan fingerprint density at radius 3 is 2.01 bits per heavy atom. The van der Waals surface area contributed by atoms with Crippen LogP contribution in [0.2, 0.25) is 0 Å². The maximum absolute atomic E-state index is 12.8. The van der Waals surface area contributed by atoms with Crippen LogP contribution >= 0.6 is 0 Å². The molecule has 1 fully saturated rings. The largest absolute Gasteiger partial charge is 0.457 e. The minimum absolute atomic E-state index is 0.000924. The molecular weight excluding hydrogens is 897 g/mol. The Morgan fingerprint density at radius 2 is 1.34 bits per heavy atom. The van der Waals surface area contributed by atoms with Gasteiger partial charge in [0.1, 0.15) is 82.1 Å². The summed E-state index contributed by atoms with van der Waals surface area (Å²) in [5.74, 6) is 3.28. The number of nitrogens with zero attached hydrogens (tertiary/aromatic N) is 8. The van der Waals surface area contributed by atoms with Gasteiger partial charge in [0.25, 0.3) is 11.8 Å². The molecule has 17 heteroatoms. The average molecular weight is 945 g/mol. The van der Waals surface area contributed by atoms with Gasteiger partial charge in [-0.2, -0.15) is 10.5 Å². The van der Waals surface area contributed by atoms with E-state index in [1.54, 1.807) is 59.5 Å². The number of aromatic nitrogens is 4. The number of benzene rings is 5. The van der Waals surface area contributed by atoms with Crippen molar-refractivity contribution in [3.8, 4) is 80.1 Å². The Balaban J connectivity index is 0.882. The molecule has 8 rings (SSSR count). The van der Waals surface area contributed by atoms with Crippen molar-refractivity contribution in [1.29, 1.82) is 10.5 Å². The molecule has 1 aliphatic rings. The molecule has 1 aliphatic heterocycles. The first-order chi connectivity index (χ1) is 34.4. The molecule has 0 spiro atoms. The Bertz CT molecular complexity index is 3200. The van der Waals surface area contributed by atoms with E-state index < -0.39 is 5.91 Å². The number of rotatable bonds is 16. The fourth-order valence-corrected chi connectivity index (χ4v) is 7.75. The van der Waals surface area contributed by atoms with E-state index in [2.05, 4.69) is 37.1 Å². The number of ether oxygens (including phenoxy) is 3. The van der Waals surface area contributed by atoms with Gasteiger partial charge in [-0.15, -0.1) is 0 Å². The number of amides is 2. The van der Waals surface area contributed by atoms with Gasteiger partial charge in [0.15, 0.2) is 0 Å². The molecule has 6 N–H and O–H groups in total. The van der Waals surface area contributed by atoms with Crippen molar-refractivity contribution in [2.75, 3.05) is 55.8 Å². The molecule has 71 heavy (non-hydrogen) atoms. The van der Waals surface area contributed by atoms with Crippen LogP contribution in [0.15, 0.2) is 158 Å². The summed E-state index contributed by atoms with van der Waals surface area (Å²) >= 11 is 0. The second-order valence-electron chi connectivity index (χ2n) is 16.6. The first-order valence-electron chi connectivity index (χ1n) is 22.4. The number of likely N-dealkylation sites (N-methyl/N-ethyl adjacent to an activating group) is 1. The summed E-state index contributed by atoms with van der Waals surface area (Å²) < 4.78 is 18.6. The molecule has 354 valence electrons. The molecule has 0 radical (unpaired) electrons. The topological polar surface area (TPSA) is 244 Å². The zero-order chi connectivity index (χ0) is 49.9. The van der Waals surface area contributed by atoms with Crippen LogP contribution in [0, 0.1) is 22.7 Å². The Labute approximate surface area is 410 Å². The normalized spacial score (nSPS) is 13.3. The van der Waals surface area contributed by atoms with Crippen molar-refractivity contribution in [2.45, 2.75) is 18.9 Å². The summed E-state index contributed by atoms with van der Waals surface area (Å²) in [6, 6.07) is 40.7. The SMILES string of the molecule is C=C(C#N)C(=O)N1CCC[C@@H](Nc2ncnc(N)c2-c2ccc(Oc3cccc(-c4ccc(Oc5ccc(Oc6ncnc(N)c6-c6cccc(NC(=O)/C(C#N)=C/CN(C)C)c6)cc5)cc4)c3)cc2)C1. The van der Waals surface area contributed by atoms with Crippen LogP contribution in [0.1, 0.15) is 12.8 Å². The third kappa shape index (κ3) is 11.9. The number of nitriles is 2. The summed E-state index contributed by atoms with van der Waals surface area (Å²) in [6.07, 6.45) is 5.85. The van der Waals surface area contributed by atoms with E-state index in [1.165, 1.54) is 12.7 Å². The van der Waals surface area contributed by atoms with E-state index in [0.717, 1.165) is 29.5 Å². The highest BCUT2D eigenvalue weighted by atomic mass is 16.5. The molecule has 5 aromatic carbocycles. The predicted octanol–water partition coefficient (Wildman–Crippen LogP) is 9.24. The molecule has 2 amide bonds. The molecule has 2 aromatic heterocycles. The lowest BCUT2D eigenvalue weighted by Gasteiger charge is -2.33. The van der Waals surface area contributed by atoms with E-state index in [4.69, 9.17) is 30.9 Å². The zero-order valence-electron chi connectivity index (χ0n) is 38.9. The van der Waals surface area contributed by atoms with Gasteiger partial charge in [0, 0.05) is 31.4 Å². The van der Waals surface area contributed by atoms with Crippen molar-refractivity contribution in [3.05, 3.63) is 158 Å². The molecule has 3 heterocycles. The van der Waals surface area contributed by atoms with Gasteiger partial charge in [0.2, 0.25) is 5.88 Å². The van der Waals surface area contributed by atoms with Crippen molar-refractivity contribution < 1.29 is 23.8 Å². The Kier molecular flexibility index (Phi) is 14.9. The van der Waals surface area contributed by atoms with E-state index in [-0.39, 0.29) is 34.8 Å². The minimum Gasteiger partial charge on any atom is -0.457 e. The fourth-order valence-electron chi connectivity index (χ4n) is 7.75. The maximum atomic E-state index is 12.8. The van der Waals surface area contributed by atoms with Crippen molar-refractivity contribution in [3.63, 3.8) is 0 Å². The first kappa shape index (κ1) is 47.9.